The largest absolute Gasteiger partial charge is 0.452 e. The molecular formula is C24H24N2O5. The molecule has 160 valence electrons. The normalized spacial score (nSPS) is 13.5. The SMILES string of the molecule is C=CCN1C(=O)c2ccc(C(=O)OCC(=O)N[C@@H](CCC)c3ccccc3)cc2C1=O. The molecule has 2 aromatic rings. The van der Waals surface area contributed by atoms with Crippen LogP contribution in [-0.2, 0) is 9.53 Å². The first kappa shape index (κ1) is 22.0. The number of carbonyl (C=O) groups is 4. The van der Waals surface area contributed by atoms with E-state index in [0.29, 0.717) is 0 Å². The van der Waals surface area contributed by atoms with Gasteiger partial charge in [-0.25, -0.2) is 4.79 Å². The lowest BCUT2D eigenvalue weighted by atomic mass is 10.0. The molecule has 0 aliphatic carbocycles. The summed E-state index contributed by atoms with van der Waals surface area (Å²) < 4.78 is 5.12. The van der Waals surface area contributed by atoms with Crippen LogP contribution in [0.1, 0.15) is 62.4 Å². The number of hydrogen-bond donors (Lipinski definition) is 1. The summed E-state index contributed by atoms with van der Waals surface area (Å²) in [5.74, 6) is -2.08. The second kappa shape index (κ2) is 9.84. The lowest BCUT2D eigenvalue weighted by Gasteiger charge is -2.18. The van der Waals surface area contributed by atoms with Gasteiger partial charge in [0, 0.05) is 6.54 Å². The van der Waals surface area contributed by atoms with Crippen LogP contribution < -0.4 is 5.32 Å². The Labute approximate surface area is 180 Å². The van der Waals surface area contributed by atoms with Crippen molar-refractivity contribution in [3.63, 3.8) is 0 Å². The van der Waals surface area contributed by atoms with Crippen molar-refractivity contribution in [2.45, 2.75) is 25.8 Å². The third-order valence-corrected chi connectivity index (χ3v) is 4.97. The predicted molar refractivity (Wildman–Crippen MR) is 115 cm³/mol. The molecule has 0 bridgehead atoms. The van der Waals surface area contributed by atoms with Gasteiger partial charge in [-0.3, -0.25) is 19.3 Å². The fourth-order valence-corrected chi connectivity index (χ4v) is 3.46. The minimum atomic E-state index is -0.743. The van der Waals surface area contributed by atoms with Crippen molar-refractivity contribution in [3.8, 4) is 0 Å². The zero-order valence-corrected chi connectivity index (χ0v) is 17.3. The van der Waals surface area contributed by atoms with E-state index in [1.165, 1.54) is 24.3 Å². The van der Waals surface area contributed by atoms with Crippen molar-refractivity contribution in [1.29, 1.82) is 0 Å². The Hall–Kier alpha value is -3.74. The van der Waals surface area contributed by atoms with Crippen LogP contribution in [0.15, 0.2) is 61.2 Å². The van der Waals surface area contributed by atoms with Gasteiger partial charge in [0.1, 0.15) is 0 Å². The molecule has 1 atom stereocenters. The van der Waals surface area contributed by atoms with Gasteiger partial charge >= 0.3 is 5.97 Å². The van der Waals surface area contributed by atoms with E-state index in [1.807, 2.05) is 37.3 Å². The Bertz CT molecular complexity index is 1020. The molecule has 1 aliphatic heterocycles. The van der Waals surface area contributed by atoms with Crippen molar-refractivity contribution >= 4 is 23.7 Å². The average Bonchev–Trinajstić information content (AvgIpc) is 3.02. The zero-order chi connectivity index (χ0) is 22.4. The minimum absolute atomic E-state index is 0.0899. The molecule has 0 saturated carbocycles. The van der Waals surface area contributed by atoms with Crippen molar-refractivity contribution in [2.24, 2.45) is 0 Å². The predicted octanol–water partition coefficient (Wildman–Crippen LogP) is 3.28. The monoisotopic (exact) mass is 420 g/mol. The van der Waals surface area contributed by atoms with Gasteiger partial charge in [-0.2, -0.15) is 0 Å². The first-order valence-electron chi connectivity index (χ1n) is 10.1. The van der Waals surface area contributed by atoms with Crippen LogP contribution in [0.2, 0.25) is 0 Å². The van der Waals surface area contributed by atoms with Crippen LogP contribution in [0.3, 0.4) is 0 Å². The molecule has 0 radical (unpaired) electrons. The average molecular weight is 420 g/mol. The van der Waals surface area contributed by atoms with Crippen molar-refractivity contribution < 1.29 is 23.9 Å². The van der Waals surface area contributed by atoms with Gasteiger partial charge in [0.05, 0.1) is 22.7 Å². The van der Waals surface area contributed by atoms with Crippen LogP contribution in [0.25, 0.3) is 0 Å². The number of nitrogens with zero attached hydrogens (tertiary/aromatic N) is 1. The van der Waals surface area contributed by atoms with Gasteiger partial charge in [-0.05, 0) is 30.2 Å². The fraction of sp³-hybridized carbons (Fsp3) is 0.250. The number of nitrogens with one attached hydrogen (secondary N) is 1. The highest BCUT2D eigenvalue weighted by atomic mass is 16.5. The van der Waals surface area contributed by atoms with E-state index >= 15 is 0 Å². The standard InChI is InChI=1S/C24H24N2O5/c1-3-8-20(16-9-6-5-7-10-16)25-21(27)15-31-24(30)17-11-12-18-19(14-17)23(29)26(13-4-2)22(18)28/h4-7,9-12,14,20H,2-3,8,13,15H2,1H3,(H,25,27)/t20-/m0/s1. The van der Waals surface area contributed by atoms with Crippen LogP contribution in [0.4, 0.5) is 0 Å². The molecule has 0 aromatic heterocycles. The topological polar surface area (TPSA) is 92.8 Å². The van der Waals surface area contributed by atoms with Gasteiger partial charge in [0.15, 0.2) is 6.61 Å². The molecule has 1 aliphatic rings. The summed E-state index contributed by atoms with van der Waals surface area (Å²) in [5, 5.41) is 2.88. The molecule has 0 spiro atoms. The summed E-state index contributed by atoms with van der Waals surface area (Å²) in [6.07, 6.45) is 3.09. The first-order valence-corrected chi connectivity index (χ1v) is 10.1. The number of rotatable bonds is 9. The molecule has 2 aromatic carbocycles. The fourth-order valence-electron chi connectivity index (χ4n) is 3.46. The zero-order valence-electron chi connectivity index (χ0n) is 17.3. The molecule has 0 saturated heterocycles. The quantitative estimate of drug-likeness (QED) is 0.382. The molecule has 7 nitrogen and oxygen atoms in total. The number of ether oxygens (including phenoxy) is 1. The van der Waals surface area contributed by atoms with Gasteiger partial charge in [-0.1, -0.05) is 49.8 Å². The highest BCUT2D eigenvalue weighted by Gasteiger charge is 2.35. The number of imide groups is 1. The number of amides is 3. The number of carbonyl (C=O) groups excluding carboxylic acids is 4. The van der Waals surface area contributed by atoms with Gasteiger partial charge in [0.2, 0.25) is 0 Å². The number of esters is 1. The van der Waals surface area contributed by atoms with E-state index < -0.39 is 30.3 Å². The smallest absolute Gasteiger partial charge is 0.338 e. The number of fused-ring (bicyclic) bond motifs is 1. The minimum Gasteiger partial charge on any atom is -0.452 e. The van der Waals surface area contributed by atoms with Crippen LogP contribution in [-0.4, -0.2) is 41.7 Å². The lowest BCUT2D eigenvalue weighted by Crippen LogP contribution is -2.32. The van der Waals surface area contributed by atoms with E-state index in [1.54, 1.807) is 0 Å². The molecule has 0 unspecified atom stereocenters. The third kappa shape index (κ3) is 4.88. The van der Waals surface area contributed by atoms with Crippen molar-refractivity contribution in [1.82, 2.24) is 10.2 Å². The Morgan fingerprint density at radius 3 is 2.48 bits per heavy atom. The van der Waals surface area contributed by atoms with E-state index in [0.717, 1.165) is 23.3 Å². The van der Waals surface area contributed by atoms with Gasteiger partial charge in [0.25, 0.3) is 17.7 Å². The highest BCUT2D eigenvalue weighted by molar-refractivity contribution is 6.22. The summed E-state index contributed by atoms with van der Waals surface area (Å²) in [6, 6.07) is 13.6. The molecule has 7 heteroatoms. The second-order valence-corrected chi connectivity index (χ2v) is 7.17. The lowest BCUT2D eigenvalue weighted by molar-refractivity contribution is -0.125. The highest BCUT2D eigenvalue weighted by Crippen LogP contribution is 2.24. The summed E-state index contributed by atoms with van der Waals surface area (Å²) >= 11 is 0. The third-order valence-electron chi connectivity index (χ3n) is 4.97. The van der Waals surface area contributed by atoms with Crippen molar-refractivity contribution in [3.05, 3.63) is 83.4 Å². The maximum absolute atomic E-state index is 12.4. The molecule has 1 N–H and O–H groups in total. The number of benzene rings is 2. The second-order valence-electron chi connectivity index (χ2n) is 7.17. The molecule has 31 heavy (non-hydrogen) atoms. The Morgan fingerprint density at radius 1 is 1.10 bits per heavy atom. The van der Waals surface area contributed by atoms with Gasteiger partial charge < -0.3 is 10.1 Å². The van der Waals surface area contributed by atoms with Crippen LogP contribution in [0.5, 0.6) is 0 Å². The summed E-state index contributed by atoms with van der Waals surface area (Å²) in [7, 11) is 0. The Balaban J connectivity index is 1.62. The van der Waals surface area contributed by atoms with E-state index in [2.05, 4.69) is 11.9 Å². The number of hydrogen-bond acceptors (Lipinski definition) is 5. The van der Waals surface area contributed by atoms with Crippen molar-refractivity contribution in [2.75, 3.05) is 13.2 Å². The molecule has 1 heterocycles. The molecular weight excluding hydrogens is 396 g/mol. The van der Waals surface area contributed by atoms with E-state index in [-0.39, 0.29) is 29.3 Å². The van der Waals surface area contributed by atoms with E-state index in [4.69, 9.17) is 4.74 Å². The maximum atomic E-state index is 12.4. The Kier molecular flexibility index (Phi) is 6.97. The summed E-state index contributed by atoms with van der Waals surface area (Å²) in [5.41, 5.74) is 1.44. The van der Waals surface area contributed by atoms with Crippen LogP contribution in [0, 0.1) is 0 Å². The van der Waals surface area contributed by atoms with Gasteiger partial charge in [-0.15, -0.1) is 6.58 Å². The van der Waals surface area contributed by atoms with Crippen LogP contribution >= 0.6 is 0 Å². The summed E-state index contributed by atoms with van der Waals surface area (Å²) in [4.78, 5) is 50.4. The van der Waals surface area contributed by atoms with E-state index in [9.17, 15) is 19.2 Å². The first-order chi connectivity index (χ1) is 15.0. The molecule has 3 rings (SSSR count). The molecule has 0 fully saturated rings. The maximum Gasteiger partial charge on any atom is 0.338 e. The summed E-state index contributed by atoms with van der Waals surface area (Å²) in [6.45, 7) is 5.21. The molecule has 3 amide bonds. The Morgan fingerprint density at radius 2 is 1.81 bits per heavy atom.